The molecule has 1 aliphatic rings. The van der Waals surface area contributed by atoms with Gasteiger partial charge in [-0.25, -0.2) is 0 Å². The quantitative estimate of drug-likeness (QED) is 0.846. The van der Waals surface area contributed by atoms with Crippen LogP contribution < -0.4 is 5.32 Å². The maximum atomic E-state index is 12.2. The molecule has 1 amide bonds. The Bertz CT molecular complexity index is 484. The van der Waals surface area contributed by atoms with Crippen LogP contribution in [0.25, 0.3) is 0 Å². The SMILES string of the molecule is CCc1ccc(C(C)NC(=O)CN2CCC(C(C)O)C2)cc1. The molecule has 1 saturated heterocycles. The number of hydrogen-bond acceptors (Lipinski definition) is 3. The number of nitrogens with zero attached hydrogens (tertiary/aromatic N) is 1. The Hall–Kier alpha value is -1.39. The van der Waals surface area contributed by atoms with Crippen molar-refractivity contribution in [1.29, 1.82) is 0 Å². The van der Waals surface area contributed by atoms with E-state index < -0.39 is 0 Å². The maximum absolute atomic E-state index is 12.2. The van der Waals surface area contributed by atoms with Crippen molar-refractivity contribution in [3.05, 3.63) is 35.4 Å². The summed E-state index contributed by atoms with van der Waals surface area (Å²) in [6.45, 7) is 8.10. The molecule has 0 spiro atoms. The van der Waals surface area contributed by atoms with Crippen LogP contribution in [0.5, 0.6) is 0 Å². The number of benzene rings is 1. The van der Waals surface area contributed by atoms with Gasteiger partial charge >= 0.3 is 0 Å². The number of amides is 1. The first kappa shape index (κ1) is 17.0. The number of aryl methyl sites for hydroxylation is 1. The number of hydrogen-bond donors (Lipinski definition) is 2. The fraction of sp³-hybridized carbons (Fsp3) is 0.611. The third-order valence-corrected chi connectivity index (χ3v) is 4.62. The van der Waals surface area contributed by atoms with Crippen molar-refractivity contribution in [2.24, 2.45) is 5.92 Å². The standard InChI is InChI=1S/C18H28N2O2/c1-4-15-5-7-16(8-6-15)13(2)19-18(22)12-20-10-9-17(11-20)14(3)21/h5-8,13-14,17,21H,4,9-12H2,1-3H3,(H,19,22). The summed E-state index contributed by atoms with van der Waals surface area (Å²) in [4.78, 5) is 14.3. The van der Waals surface area contributed by atoms with Crippen LogP contribution >= 0.6 is 0 Å². The minimum absolute atomic E-state index is 0.0218. The number of carbonyl (C=O) groups is 1. The molecule has 3 unspecified atom stereocenters. The second-order valence-electron chi connectivity index (χ2n) is 6.41. The summed E-state index contributed by atoms with van der Waals surface area (Å²) in [7, 11) is 0. The highest BCUT2D eigenvalue weighted by molar-refractivity contribution is 5.78. The van der Waals surface area contributed by atoms with Crippen LogP contribution in [-0.4, -0.2) is 41.7 Å². The third kappa shape index (κ3) is 4.55. The third-order valence-electron chi connectivity index (χ3n) is 4.62. The lowest BCUT2D eigenvalue weighted by atomic mass is 10.0. The van der Waals surface area contributed by atoms with Gasteiger partial charge in [0.2, 0.25) is 5.91 Å². The number of nitrogens with one attached hydrogen (secondary N) is 1. The van der Waals surface area contributed by atoms with Crippen molar-refractivity contribution in [3.8, 4) is 0 Å². The van der Waals surface area contributed by atoms with Gasteiger partial charge in [-0.15, -0.1) is 0 Å². The van der Waals surface area contributed by atoms with E-state index in [1.54, 1.807) is 0 Å². The Labute approximate surface area is 133 Å². The van der Waals surface area contributed by atoms with Crippen LogP contribution in [-0.2, 0) is 11.2 Å². The van der Waals surface area contributed by atoms with E-state index in [1.807, 2.05) is 13.8 Å². The molecule has 0 saturated carbocycles. The molecule has 122 valence electrons. The average molecular weight is 304 g/mol. The highest BCUT2D eigenvalue weighted by Gasteiger charge is 2.27. The number of aliphatic hydroxyl groups excluding tert-OH is 1. The molecule has 1 fully saturated rings. The summed E-state index contributed by atoms with van der Waals surface area (Å²) >= 11 is 0. The number of rotatable bonds is 6. The molecule has 22 heavy (non-hydrogen) atoms. The summed E-state index contributed by atoms with van der Waals surface area (Å²) in [5.41, 5.74) is 2.44. The van der Waals surface area contributed by atoms with Gasteiger partial charge in [0.25, 0.3) is 0 Å². The summed E-state index contributed by atoms with van der Waals surface area (Å²) < 4.78 is 0. The Balaban J connectivity index is 1.81. The molecule has 2 N–H and O–H groups in total. The molecule has 3 atom stereocenters. The van der Waals surface area contributed by atoms with Crippen molar-refractivity contribution in [1.82, 2.24) is 10.2 Å². The zero-order valence-electron chi connectivity index (χ0n) is 13.9. The van der Waals surface area contributed by atoms with Crippen molar-refractivity contribution in [2.75, 3.05) is 19.6 Å². The maximum Gasteiger partial charge on any atom is 0.234 e. The van der Waals surface area contributed by atoms with Gasteiger partial charge in [0.15, 0.2) is 0 Å². The van der Waals surface area contributed by atoms with Crippen molar-refractivity contribution >= 4 is 5.91 Å². The van der Waals surface area contributed by atoms with Gasteiger partial charge in [-0.3, -0.25) is 9.69 Å². The van der Waals surface area contributed by atoms with Crippen molar-refractivity contribution in [3.63, 3.8) is 0 Å². The largest absolute Gasteiger partial charge is 0.393 e. The highest BCUT2D eigenvalue weighted by atomic mass is 16.3. The smallest absolute Gasteiger partial charge is 0.234 e. The Kier molecular flexibility index (Phi) is 5.98. The predicted octanol–water partition coefficient (Wildman–Crippen LogP) is 2.13. The normalized spacial score (nSPS) is 21.5. The first-order valence-electron chi connectivity index (χ1n) is 8.28. The molecule has 4 heteroatoms. The Morgan fingerprint density at radius 2 is 2.05 bits per heavy atom. The molecule has 1 aromatic carbocycles. The summed E-state index contributed by atoms with van der Waals surface area (Å²) in [5.74, 6) is 0.352. The van der Waals surface area contributed by atoms with Gasteiger partial charge in [0.1, 0.15) is 0 Å². The van der Waals surface area contributed by atoms with Crippen molar-refractivity contribution in [2.45, 2.75) is 45.8 Å². The zero-order chi connectivity index (χ0) is 16.1. The van der Waals surface area contributed by atoms with Crippen LogP contribution in [0.15, 0.2) is 24.3 Å². The Morgan fingerprint density at radius 1 is 1.36 bits per heavy atom. The molecule has 0 aromatic heterocycles. The molecular weight excluding hydrogens is 276 g/mol. The molecule has 4 nitrogen and oxygen atoms in total. The molecule has 0 aliphatic carbocycles. The number of aliphatic hydroxyl groups is 1. The fourth-order valence-electron chi connectivity index (χ4n) is 3.02. The molecule has 0 radical (unpaired) electrons. The van der Waals surface area contributed by atoms with E-state index in [1.165, 1.54) is 5.56 Å². The summed E-state index contributed by atoms with van der Waals surface area (Å²) in [6, 6.07) is 8.43. The number of likely N-dealkylation sites (tertiary alicyclic amines) is 1. The second-order valence-corrected chi connectivity index (χ2v) is 6.41. The van der Waals surface area contributed by atoms with Gasteiger partial charge in [0, 0.05) is 6.54 Å². The van der Waals surface area contributed by atoms with Crippen LogP contribution in [0.2, 0.25) is 0 Å². The van der Waals surface area contributed by atoms with E-state index in [4.69, 9.17) is 0 Å². The fourth-order valence-corrected chi connectivity index (χ4v) is 3.02. The molecular formula is C18H28N2O2. The first-order valence-corrected chi connectivity index (χ1v) is 8.28. The average Bonchev–Trinajstić information content (AvgIpc) is 2.95. The van der Waals surface area contributed by atoms with E-state index in [-0.39, 0.29) is 18.1 Å². The van der Waals surface area contributed by atoms with Crippen LogP contribution in [0.4, 0.5) is 0 Å². The molecule has 1 aromatic rings. The number of carbonyl (C=O) groups excluding carboxylic acids is 1. The zero-order valence-corrected chi connectivity index (χ0v) is 13.9. The van der Waals surface area contributed by atoms with E-state index in [0.717, 1.165) is 31.5 Å². The van der Waals surface area contributed by atoms with Crippen LogP contribution in [0, 0.1) is 5.92 Å². The summed E-state index contributed by atoms with van der Waals surface area (Å²) in [6.07, 6.45) is 1.71. The lowest BCUT2D eigenvalue weighted by Crippen LogP contribution is -2.37. The molecule has 1 aliphatic heterocycles. The lowest BCUT2D eigenvalue weighted by molar-refractivity contribution is -0.122. The second kappa shape index (κ2) is 7.75. The monoisotopic (exact) mass is 304 g/mol. The summed E-state index contributed by atoms with van der Waals surface area (Å²) in [5, 5.41) is 12.7. The van der Waals surface area contributed by atoms with Gasteiger partial charge < -0.3 is 10.4 Å². The highest BCUT2D eigenvalue weighted by Crippen LogP contribution is 2.19. The van der Waals surface area contributed by atoms with Crippen molar-refractivity contribution < 1.29 is 9.90 Å². The van der Waals surface area contributed by atoms with Crippen LogP contribution in [0.1, 0.15) is 44.4 Å². The van der Waals surface area contributed by atoms with Gasteiger partial charge in [0.05, 0.1) is 18.7 Å². The molecule has 1 heterocycles. The van der Waals surface area contributed by atoms with Gasteiger partial charge in [-0.2, -0.15) is 0 Å². The topological polar surface area (TPSA) is 52.6 Å². The van der Waals surface area contributed by atoms with E-state index in [0.29, 0.717) is 12.5 Å². The predicted molar refractivity (Wildman–Crippen MR) is 88.6 cm³/mol. The lowest BCUT2D eigenvalue weighted by Gasteiger charge is -2.19. The van der Waals surface area contributed by atoms with E-state index >= 15 is 0 Å². The molecule has 0 bridgehead atoms. The Morgan fingerprint density at radius 3 is 2.59 bits per heavy atom. The minimum Gasteiger partial charge on any atom is -0.393 e. The molecule has 2 rings (SSSR count). The minimum atomic E-state index is -0.288. The van der Waals surface area contributed by atoms with E-state index in [2.05, 4.69) is 41.4 Å². The van der Waals surface area contributed by atoms with Gasteiger partial charge in [-0.05, 0) is 50.3 Å². The van der Waals surface area contributed by atoms with E-state index in [9.17, 15) is 9.90 Å². The van der Waals surface area contributed by atoms with Crippen LogP contribution in [0.3, 0.4) is 0 Å². The first-order chi connectivity index (χ1) is 10.5. The van der Waals surface area contributed by atoms with Gasteiger partial charge in [-0.1, -0.05) is 31.2 Å².